The molecule has 0 amide bonds. The Labute approximate surface area is 114 Å². The van der Waals surface area contributed by atoms with E-state index >= 15 is 0 Å². The lowest BCUT2D eigenvalue weighted by Gasteiger charge is -2.11. The maximum Gasteiger partial charge on any atom is 0.303 e. The topological polar surface area (TPSA) is 73.1 Å². The van der Waals surface area contributed by atoms with Gasteiger partial charge in [0, 0.05) is 13.0 Å². The smallest absolute Gasteiger partial charge is 0.303 e. The van der Waals surface area contributed by atoms with Crippen molar-refractivity contribution in [3.05, 3.63) is 35.4 Å². The molecule has 4 nitrogen and oxygen atoms in total. The normalized spacial score (nSPS) is 11.8. The predicted octanol–water partition coefficient (Wildman–Crippen LogP) is 2.54. The quantitative estimate of drug-likeness (QED) is 0.704. The summed E-state index contributed by atoms with van der Waals surface area (Å²) < 4.78 is 0. The third-order valence-corrected chi connectivity index (χ3v) is 3.12. The molecule has 1 aromatic rings. The number of hydrogen-bond acceptors (Lipinski definition) is 3. The first-order valence-electron chi connectivity index (χ1n) is 6.54. The summed E-state index contributed by atoms with van der Waals surface area (Å²) in [6.45, 7) is 3.57. The second kappa shape index (κ2) is 8.28. The van der Waals surface area contributed by atoms with Crippen LogP contribution in [0.4, 0.5) is 0 Å². The first-order chi connectivity index (χ1) is 9.13. The fourth-order valence-corrected chi connectivity index (χ4v) is 1.87. The van der Waals surface area contributed by atoms with Crippen molar-refractivity contribution >= 4 is 5.97 Å². The van der Waals surface area contributed by atoms with Gasteiger partial charge in [-0.1, -0.05) is 25.1 Å². The zero-order valence-electron chi connectivity index (χ0n) is 11.2. The first kappa shape index (κ1) is 15.2. The Morgan fingerprint density at radius 3 is 2.84 bits per heavy atom. The second-order valence-corrected chi connectivity index (χ2v) is 4.77. The Bertz CT molecular complexity index is 452. The average Bonchev–Trinajstić information content (AvgIpc) is 2.41. The third-order valence-electron chi connectivity index (χ3n) is 3.12. The van der Waals surface area contributed by atoms with Gasteiger partial charge in [-0.25, -0.2) is 0 Å². The molecule has 4 heteroatoms. The molecule has 1 aromatic carbocycles. The van der Waals surface area contributed by atoms with E-state index in [1.165, 1.54) is 0 Å². The summed E-state index contributed by atoms with van der Waals surface area (Å²) in [5.41, 5.74) is 1.71. The minimum absolute atomic E-state index is 0.235. The molecule has 0 spiro atoms. The first-order valence-corrected chi connectivity index (χ1v) is 6.54. The van der Waals surface area contributed by atoms with Crippen LogP contribution in [0.2, 0.25) is 0 Å². The summed E-state index contributed by atoms with van der Waals surface area (Å²) in [6.07, 6.45) is 1.90. The molecule has 1 rings (SSSR count). The van der Waals surface area contributed by atoms with Crippen molar-refractivity contribution in [1.29, 1.82) is 5.26 Å². The molecule has 19 heavy (non-hydrogen) atoms. The average molecular weight is 260 g/mol. The van der Waals surface area contributed by atoms with Crippen molar-refractivity contribution < 1.29 is 9.90 Å². The number of hydrogen-bond donors (Lipinski definition) is 2. The Hall–Kier alpha value is -1.86. The van der Waals surface area contributed by atoms with E-state index < -0.39 is 5.97 Å². The lowest BCUT2D eigenvalue weighted by Crippen LogP contribution is -2.18. The molecule has 0 radical (unpaired) electrons. The number of nitriles is 1. The predicted molar refractivity (Wildman–Crippen MR) is 73.5 cm³/mol. The molecule has 1 unspecified atom stereocenters. The van der Waals surface area contributed by atoms with Gasteiger partial charge < -0.3 is 10.4 Å². The maximum absolute atomic E-state index is 10.4. The summed E-state index contributed by atoms with van der Waals surface area (Å²) in [5.74, 6) is -0.336. The zero-order chi connectivity index (χ0) is 14.1. The molecule has 0 bridgehead atoms. The number of benzene rings is 1. The van der Waals surface area contributed by atoms with Crippen molar-refractivity contribution in [2.45, 2.75) is 32.7 Å². The van der Waals surface area contributed by atoms with Gasteiger partial charge in [-0.2, -0.15) is 5.26 Å². The molecule has 102 valence electrons. The van der Waals surface area contributed by atoms with Crippen molar-refractivity contribution in [1.82, 2.24) is 5.32 Å². The van der Waals surface area contributed by atoms with Crippen LogP contribution < -0.4 is 5.32 Å². The van der Waals surface area contributed by atoms with Crippen molar-refractivity contribution in [2.75, 3.05) is 6.54 Å². The van der Waals surface area contributed by atoms with Crippen molar-refractivity contribution in [3.63, 3.8) is 0 Å². The Balaban J connectivity index is 2.24. The second-order valence-electron chi connectivity index (χ2n) is 4.77. The summed E-state index contributed by atoms with van der Waals surface area (Å²) >= 11 is 0. The van der Waals surface area contributed by atoms with Gasteiger partial charge in [-0.3, -0.25) is 4.79 Å². The van der Waals surface area contributed by atoms with Crippen LogP contribution in [0, 0.1) is 17.2 Å². The fraction of sp³-hybridized carbons (Fsp3) is 0.467. The molecule has 0 aliphatic carbocycles. The fourth-order valence-electron chi connectivity index (χ4n) is 1.87. The highest BCUT2D eigenvalue weighted by Gasteiger charge is 2.05. The molecule has 0 aliphatic rings. The Morgan fingerprint density at radius 1 is 1.42 bits per heavy atom. The highest BCUT2D eigenvalue weighted by Crippen LogP contribution is 2.10. The minimum Gasteiger partial charge on any atom is -0.481 e. The standard InChI is InChI=1S/C15H20N2O2/c1-12(6-7-15(18)19)8-9-17-11-14-5-3-2-4-13(14)10-16/h2-5,12,17H,6-9,11H2,1H3,(H,18,19). The van der Waals surface area contributed by atoms with Crippen LogP contribution in [0.3, 0.4) is 0 Å². The maximum atomic E-state index is 10.4. The number of aliphatic carboxylic acids is 1. The van der Waals surface area contributed by atoms with Gasteiger partial charge in [-0.15, -0.1) is 0 Å². The van der Waals surface area contributed by atoms with Crippen molar-refractivity contribution in [3.8, 4) is 6.07 Å². The highest BCUT2D eigenvalue weighted by molar-refractivity contribution is 5.66. The lowest BCUT2D eigenvalue weighted by atomic mass is 10.0. The minimum atomic E-state index is -0.734. The van der Waals surface area contributed by atoms with Crippen LogP contribution in [-0.4, -0.2) is 17.6 Å². The van der Waals surface area contributed by atoms with E-state index in [1.54, 1.807) is 0 Å². The molecule has 0 saturated heterocycles. The molecule has 1 atom stereocenters. The van der Waals surface area contributed by atoms with Gasteiger partial charge in [0.05, 0.1) is 11.6 Å². The van der Waals surface area contributed by atoms with E-state index in [-0.39, 0.29) is 6.42 Å². The molecule has 0 heterocycles. The van der Waals surface area contributed by atoms with Crippen LogP contribution in [0.15, 0.2) is 24.3 Å². The van der Waals surface area contributed by atoms with Gasteiger partial charge >= 0.3 is 5.97 Å². The van der Waals surface area contributed by atoms with Crippen LogP contribution in [0.1, 0.15) is 37.3 Å². The molecular formula is C15H20N2O2. The number of nitrogens with zero attached hydrogens (tertiary/aromatic N) is 1. The van der Waals surface area contributed by atoms with Crippen LogP contribution in [-0.2, 0) is 11.3 Å². The zero-order valence-corrected chi connectivity index (χ0v) is 11.2. The lowest BCUT2D eigenvalue weighted by molar-refractivity contribution is -0.137. The number of carboxylic acid groups (broad SMARTS) is 1. The van der Waals surface area contributed by atoms with E-state index in [4.69, 9.17) is 10.4 Å². The van der Waals surface area contributed by atoms with Gasteiger partial charge in [0.2, 0.25) is 0 Å². The van der Waals surface area contributed by atoms with E-state index in [0.29, 0.717) is 24.4 Å². The van der Waals surface area contributed by atoms with E-state index in [9.17, 15) is 4.79 Å². The molecule has 0 fully saturated rings. The summed E-state index contributed by atoms with van der Waals surface area (Å²) in [4.78, 5) is 10.4. The number of carboxylic acids is 1. The summed E-state index contributed by atoms with van der Waals surface area (Å²) in [5, 5.41) is 20.8. The monoisotopic (exact) mass is 260 g/mol. The van der Waals surface area contributed by atoms with Crippen LogP contribution >= 0.6 is 0 Å². The molecule has 2 N–H and O–H groups in total. The SMILES string of the molecule is CC(CCNCc1ccccc1C#N)CCC(=O)O. The van der Waals surface area contributed by atoms with Gasteiger partial charge in [0.25, 0.3) is 0 Å². The largest absolute Gasteiger partial charge is 0.481 e. The van der Waals surface area contributed by atoms with Crippen LogP contribution in [0.5, 0.6) is 0 Å². The summed E-state index contributed by atoms with van der Waals surface area (Å²) in [7, 11) is 0. The van der Waals surface area contributed by atoms with Crippen LogP contribution in [0.25, 0.3) is 0 Å². The number of carbonyl (C=O) groups is 1. The number of rotatable bonds is 8. The third kappa shape index (κ3) is 6.03. The van der Waals surface area contributed by atoms with Gasteiger partial charge in [0.15, 0.2) is 0 Å². The highest BCUT2D eigenvalue weighted by atomic mass is 16.4. The molecule has 0 aromatic heterocycles. The molecule has 0 aliphatic heterocycles. The van der Waals surface area contributed by atoms with E-state index in [1.807, 2.05) is 24.3 Å². The Morgan fingerprint density at radius 2 is 2.16 bits per heavy atom. The van der Waals surface area contributed by atoms with Gasteiger partial charge in [-0.05, 0) is 36.9 Å². The molecular weight excluding hydrogens is 240 g/mol. The summed E-state index contributed by atoms with van der Waals surface area (Å²) in [6, 6.07) is 9.71. The number of nitrogens with one attached hydrogen (secondary N) is 1. The Kier molecular flexibility index (Phi) is 6.62. The van der Waals surface area contributed by atoms with E-state index in [2.05, 4.69) is 18.3 Å². The van der Waals surface area contributed by atoms with Gasteiger partial charge in [0.1, 0.15) is 0 Å². The van der Waals surface area contributed by atoms with E-state index in [0.717, 1.165) is 18.5 Å². The molecule has 0 saturated carbocycles. The van der Waals surface area contributed by atoms with Crippen molar-refractivity contribution in [2.24, 2.45) is 5.92 Å².